The number of rotatable bonds is 9. The SMILES string of the molecule is CC(=O)c1cccc2c1OB(O)[C@@H](CC(=O)CC1CCC(NCCN(C)C)CC1)C2. The highest BCUT2D eigenvalue weighted by molar-refractivity contribution is 6.47. The maximum atomic E-state index is 12.7. The number of Topliss-reactive ketones (excluding diaryl/α,β-unsaturated/α-hetero) is 2. The van der Waals surface area contributed by atoms with Gasteiger partial charge in [-0.1, -0.05) is 12.1 Å². The normalized spacial score (nSPS) is 23.8. The third-order valence-corrected chi connectivity index (χ3v) is 6.44. The maximum Gasteiger partial charge on any atom is 0.526 e. The van der Waals surface area contributed by atoms with Gasteiger partial charge in [-0.2, -0.15) is 0 Å². The molecule has 1 aromatic carbocycles. The lowest BCUT2D eigenvalue weighted by Crippen LogP contribution is -2.38. The van der Waals surface area contributed by atoms with Crippen molar-refractivity contribution in [1.82, 2.24) is 10.2 Å². The summed E-state index contributed by atoms with van der Waals surface area (Å²) in [6.07, 6.45) is 5.90. The van der Waals surface area contributed by atoms with Crippen molar-refractivity contribution in [2.75, 3.05) is 27.2 Å². The molecule has 1 aromatic rings. The quantitative estimate of drug-likeness (QED) is 0.478. The van der Waals surface area contributed by atoms with Gasteiger partial charge in [-0.15, -0.1) is 0 Å². The Labute approximate surface area is 180 Å². The number of fused-ring (bicyclic) bond motifs is 1. The zero-order valence-corrected chi connectivity index (χ0v) is 18.5. The predicted molar refractivity (Wildman–Crippen MR) is 119 cm³/mol. The van der Waals surface area contributed by atoms with Crippen molar-refractivity contribution in [1.29, 1.82) is 0 Å². The molecule has 1 saturated carbocycles. The van der Waals surface area contributed by atoms with Crippen LogP contribution in [0.25, 0.3) is 0 Å². The fourth-order valence-corrected chi connectivity index (χ4v) is 4.70. The number of carbonyl (C=O) groups excluding carboxylic acids is 2. The first-order valence-corrected chi connectivity index (χ1v) is 11.2. The standard InChI is InChI=1S/C23H35BN2O4/c1-16(27)22-6-4-5-18-14-19(24(29)30-23(18)22)15-21(28)13-17-7-9-20(10-8-17)25-11-12-26(2)3/h4-6,17,19-20,25,29H,7-15H2,1-3H3/t17?,19-,20?/m1/s1. The van der Waals surface area contributed by atoms with Gasteiger partial charge in [-0.3, -0.25) is 9.59 Å². The molecular weight excluding hydrogens is 379 g/mol. The van der Waals surface area contributed by atoms with Crippen molar-refractivity contribution in [2.45, 2.75) is 63.7 Å². The summed E-state index contributed by atoms with van der Waals surface area (Å²) in [6.45, 7) is 3.54. The second-order valence-corrected chi connectivity index (χ2v) is 9.24. The fraction of sp³-hybridized carbons (Fsp3) is 0.652. The number of para-hydroxylation sites is 1. The Bertz CT molecular complexity index is 747. The van der Waals surface area contributed by atoms with Crippen LogP contribution in [0.15, 0.2) is 18.2 Å². The summed E-state index contributed by atoms with van der Waals surface area (Å²) in [5.41, 5.74) is 1.39. The number of benzene rings is 1. The van der Waals surface area contributed by atoms with Gasteiger partial charge in [0.25, 0.3) is 0 Å². The number of hydrogen-bond donors (Lipinski definition) is 2. The summed E-state index contributed by atoms with van der Waals surface area (Å²) < 4.78 is 5.67. The van der Waals surface area contributed by atoms with Gasteiger partial charge in [-0.25, -0.2) is 0 Å². The number of hydrogen-bond acceptors (Lipinski definition) is 6. The van der Waals surface area contributed by atoms with Crippen LogP contribution in [0, 0.1) is 5.92 Å². The van der Waals surface area contributed by atoms with Crippen molar-refractivity contribution in [2.24, 2.45) is 5.92 Å². The summed E-state index contributed by atoms with van der Waals surface area (Å²) >= 11 is 0. The first-order chi connectivity index (χ1) is 14.3. The number of likely N-dealkylation sites (N-methyl/N-ethyl adjacent to an activating group) is 1. The minimum atomic E-state index is -1.04. The van der Waals surface area contributed by atoms with Crippen LogP contribution in [0.1, 0.15) is 61.4 Å². The number of ketones is 2. The van der Waals surface area contributed by atoms with Crippen LogP contribution in [0.5, 0.6) is 5.75 Å². The van der Waals surface area contributed by atoms with Gasteiger partial charge in [0, 0.05) is 37.8 Å². The molecule has 7 heteroatoms. The van der Waals surface area contributed by atoms with Gasteiger partial charge in [-0.05, 0) is 70.7 Å². The molecule has 0 radical (unpaired) electrons. The lowest BCUT2D eigenvalue weighted by molar-refractivity contribution is -0.120. The minimum Gasteiger partial charge on any atom is -0.535 e. The van der Waals surface area contributed by atoms with E-state index in [0.717, 1.165) is 44.3 Å². The third kappa shape index (κ3) is 6.16. The second-order valence-electron chi connectivity index (χ2n) is 9.24. The minimum absolute atomic E-state index is 0.0830. The highest BCUT2D eigenvalue weighted by atomic mass is 16.5. The summed E-state index contributed by atoms with van der Waals surface area (Å²) in [4.78, 5) is 26.7. The molecule has 2 N–H and O–H groups in total. The monoisotopic (exact) mass is 414 g/mol. The molecule has 164 valence electrons. The van der Waals surface area contributed by atoms with E-state index < -0.39 is 7.12 Å². The lowest BCUT2D eigenvalue weighted by Gasteiger charge is -2.30. The summed E-state index contributed by atoms with van der Waals surface area (Å²) in [5.74, 6) is 0.790. The molecule has 1 fully saturated rings. The van der Waals surface area contributed by atoms with Crippen molar-refractivity contribution < 1.29 is 19.3 Å². The van der Waals surface area contributed by atoms with Gasteiger partial charge < -0.3 is 19.9 Å². The van der Waals surface area contributed by atoms with Crippen LogP contribution >= 0.6 is 0 Å². The largest absolute Gasteiger partial charge is 0.535 e. The smallest absolute Gasteiger partial charge is 0.526 e. The molecule has 1 heterocycles. The highest BCUT2D eigenvalue weighted by Gasteiger charge is 2.37. The van der Waals surface area contributed by atoms with Gasteiger partial charge in [0.05, 0.1) is 5.56 Å². The van der Waals surface area contributed by atoms with E-state index >= 15 is 0 Å². The topological polar surface area (TPSA) is 78.9 Å². The van der Waals surface area contributed by atoms with Crippen LogP contribution < -0.4 is 9.97 Å². The van der Waals surface area contributed by atoms with Crippen molar-refractivity contribution in [3.8, 4) is 5.75 Å². The molecule has 0 saturated heterocycles. The molecule has 3 rings (SSSR count). The van der Waals surface area contributed by atoms with Gasteiger partial charge >= 0.3 is 7.12 Å². The van der Waals surface area contributed by atoms with Crippen molar-refractivity contribution in [3.63, 3.8) is 0 Å². The molecule has 1 atom stereocenters. The van der Waals surface area contributed by atoms with E-state index in [1.165, 1.54) is 6.92 Å². The van der Waals surface area contributed by atoms with Crippen LogP contribution in [-0.2, 0) is 11.2 Å². The average molecular weight is 414 g/mol. The molecule has 0 bridgehead atoms. The number of nitrogens with one attached hydrogen (secondary N) is 1. The summed E-state index contributed by atoms with van der Waals surface area (Å²) in [7, 11) is 3.12. The van der Waals surface area contributed by atoms with E-state index in [1.54, 1.807) is 6.07 Å². The number of nitrogens with zero attached hydrogens (tertiary/aromatic N) is 1. The van der Waals surface area contributed by atoms with E-state index in [-0.39, 0.29) is 17.4 Å². The Morgan fingerprint density at radius 2 is 1.93 bits per heavy atom. The van der Waals surface area contributed by atoms with E-state index in [4.69, 9.17) is 4.65 Å². The molecule has 1 aliphatic carbocycles. The van der Waals surface area contributed by atoms with Crippen LogP contribution in [0.2, 0.25) is 5.82 Å². The van der Waals surface area contributed by atoms with Gasteiger partial charge in [0.2, 0.25) is 0 Å². The van der Waals surface area contributed by atoms with Crippen molar-refractivity contribution >= 4 is 18.7 Å². The van der Waals surface area contributed by atoms with Crippen LogP contribution in [-0.4, -0.2) is 61.8 Å². The summed E-state index contributed by atoms with van der Waals surface area (Å²) in [5, 5.41) is 14.1. The zero-order valence-electron chi connectivity index (χ0n) is 18.5. The first kappa shape index (κ1) is 23.0. The second kappa shape index (κ2) is 10.6. The zero-order chi connectivity index (χ0) is 21.7. The fourth-order valence-electron chi connectivity index (χ4n) is 4.70. The molecule has 0 spiro atoms. The molecule has 0 unspecified atom stereocenters. The maximum absolute atomic E-state index is 12.7. The Hall–Kier alpha value is -1.70. The van der Waals surface area contributed by atoms with Crippen LogP contribution in [0.4, 0.5) is 0 Å². The van der Waals surface area contributed by atoms with Crippen LogP contribution in [0.3, 0.4) is 0 Å². The average Bonchev–Trinajstić information content (AvgIpc) is 2.69. The Kier molecular flexibility index (Phi) is 8.09. The molecule has 30 heavy (non-hydrogen) atoms. The van der Waals surface area contributed by atoms with Crippen molar-refractivity contribution in [3.05, 3.63) is 29.3 Å². The van der Waals surface area contributed by atoms with E-state index in [1.807, 2.05) is 12.1 Å². The predicted octanol–water partition coefficient (Wildman–Crippen LogP) is 2.73. The first-order valence-electron chi connectivity index (χ1n) is 11.2. The molecule has 1 aliphatic heterocycles. The van der Waals surface area contributed by atoms with Gasteiger partial charge in [0.1, 0.15) is 11.5 Å². The highest BCUT2D eigenvalue weighted by Crippen LogP contribution is 2.37. The molecule has 2 aliphatic rings. The summed E-state index contributed by atoms with van der Waals surface area (Å²) in [6, 6.07) is 6.03. The number of carbonyl (C=O) groups is 2. The van der Waals surface area contributed by atoms with E-state index in [9.17, 15) is 14.6 Å². The van der Waals surface area contributed by atoms with Gasteiger partial charge in [0.15, 0.2) is 5.78 Å². The molecular formula is C23H35BN2O4. The molecule has 0 aromatic heterocycles. The van der Waals surface area contributed by atoms with E-state index in [0.29, 0.717) is 42.5 Å². The van der Waals surface area contributed by atoms with E-state index in [2.05, 4.69) is 24.3 Å². The Morgan fingerprint density at radius 3 is 2.60 bits per heavy atom. The molecule has 0 amide bonds. The molecule has 6 nitrogen and oxygen atoms in total. The Balaban J connectivity index is 1.46. The lowest BCUT2D eigenvalue weighted by atomic mass is 9.64. The Morgan fingerprint density at radius 1 is 1.20 bits per heavy atom. The third-order valence-electron chi connectivity index (χ3n) is 6.44.